The molecule has 0 spiro atoms. The highest BCUT2D eigenvalue weighted by atomic mass is 32.2. The predicted octanol–water partition coefficient (Wildman–Crippen LogP) is 1.62. The molecule has 0 atom stereocenters. The molecule has 1 aromatic rings. The van der Waals surface area contributed by atoms with E-state index < -0.39 is 10.0 Å². The molecule has 0 aliphatic carbocycles. The van der Waals surface area contributed by atoms with Gasteiger partial charge in [-0.15, -0.1) is 11.3 Å². The minimum Gasteiger partial charge on any atom is -0.207 e. The van der Waals surface area contributed by atoms with E-state index in [9.17, 15) is 8.42 Å². The van der Waals surface area contributed by atoms with Crippen LogP contribution in [0.2, 0.25) is 0 Å². The second-order valence-electron chi connectivity index (χ2n) is 3.06. The number of rotatable bonds is 2. The molecule has 1 aromatic heterocycles. The average Bonchev–Trinajstić information content (AvgIpc) is 2.30. The molecule has 1 rings (SSSR count). The molecule has 0 fully saturated rings. The van der Waals surface area contributed by atoms with Gasteiger partial charge in [0.25, 0.3) is 0 Å². The largest absolute Gasteiger partial charge is 0.243 e. The van der Waals surface area contributed by atoms with Crippen molar-refractivity contribution in [2.24, 2.45) is 0 Å². The van der Waals surface area contributed by atoms with E-state index in [1.165, 1.54) is 15.6 Å². The first-order chi connectivity index (χ1) is 5.85. The Hall–Kier alpha value is -0.390. The third kappa shape index (κ3) is 1.92. The van der Waals surface area contributed by atoms with Gasteiger partial charge in [0, 0.05) is 23.8 Å². The molecule has 0 bridgehead atoms. The van der Waals surface area contributed by atoms with E-state index in [1.807, 2.05) is 13.8 Å². The first-order valence-electron chi connectivity index (χ1n) is 3.85. The summed E-state index contributed by atoms with van der Waals surface area (Å²) in [5, 5.41) is 0. The summed E-state index contributed by atoms with van der Waals surface area (Å²) in [6.45, 7) is 3.74. The summed E-state index contributed by atoms with van der Waals surface area (Å²) >= 11 is 1.51. The molecule has 0 saturated carbocycles. The Morgan fingerprint density at radius 2 is 1.85 bits per heavy atom. The van der Waals surface area contributed by atoms with Crippen LogP contribution in [-0.2, 0) is 10.0 Å². The number of hydrogen-bond acceptors (Lipinski definition) is 3. The zero-order valence-corrected chi connectivity index (χ0v) is 9.79. The van der Waals surface area contributed by atoms with E-state index in [-0.39, 0.29) is 0 Å². The van der Waals surface area contributed by atoms with Crippen molar-refractivity contribution >= 4 is 21.4 Å². The van der Waals surface area contributed by atoms with Crippen LogP contribution in [0, 0.1) is 13.8 Å². The van der Waals surface area contributed by atoms with E-state index in [2.05, 4.69) is 0 Å². The van der Waals surface area contributed by atoms with Crippen molar-refractivity contribution in [1.82, 2.24) is 4.31 Å². The molecule has 5 heteroatoms. The van der Waals surface area contributed by atoms with Crippen LogP contribution in [0.5, 0.6) is 0 Å². The number of thiophene rings is 1. The molecule has 0 amide bonds. The molecule has 0 unspecified atom stereocenters. The lowest BCUT2D eigenvalue weighted by atomic mass is 10.4. The number of hydrogen-bond donors (Lipinski definition) is 0. The second kappa shape index (κ2) is 3.40. The van der Waals surface area contributed by atoms with Gasteiger partial charge in [0.15, 0.2) is 0 Å². The summed E-state index contributed by atoms with van der Waals surface area (Å²) in [6, 6.07) is 1.72. The van der Waals surface area contributed by atoms with Crippen molar-refractivity contribution in [3.05, 3.63) is 15.8 Å². The Kier molecular flexibility index (Phi) is 2.79. The summed E-state index contributed by atoms with van der Waals surface area (Å²) < 4.78 is 24.6. The second-order valence-corrected chi connectivity index (χ2v) is 6.65. The van der Waals surface area contributed by atoms with Gasteiger partial charge < -0.3 is 0 Å². The molecular weight excluding hydrogens is 206 g/mol. The molecule has 0 saturated heterocycles. The number of sulfonamides is 1. The third-order valence-electron chi connectivity index (χ3n) is 1.75. The normalized spacial score (nSPS) is 12.4. The van der Waals surface area contributed by atoms with Gasteiger partial charge >= 0.3 is 0 Å². The maximum atomic E-state index is 11.7. The van der Waals surface area contributed by atoms with Crippen molar-refractivity contribution in [2.45, 2.75) is 18.7 Å². The molecule has 74 valence electrons. The van der Waals surface area contributed by atoms with Gasteiger partial charge in [-0.05, 0) is 19.9 Å². The monoisotopic (exact) mass is 219 g/mol. The van der Waals surface area contributed by atoms with E-state index in [0.29, 0.717) is 4.90 Å². The fraction of sp³-hybridized carbons (Fsp3) is 0.500. The maximum absolute atomic E-state index is 11.7. The Labute approximate surface area is 83.1 Å². The molecule has 0 aromatic carbocycles. The van der Waals surface area contributed by atoms with Crippen molar-refractivity contribution in [3.8, 4) is 0 Å². The highest BCUT2D eigenvalue weighted by molar-refractivity contribution is 7.89. The first kappa shape index (κ1) is 10.7. The SMILES string of the molecule is Cc1cc(S(=O)(=O)N(C)C)c(C)s1. The minimum atomic E-state index is -3.24. The molecule has 13 heavy (non-hydrogen) atoms. The zero-order valence-electron chi connectivity index (χ0n) is 8.16. The highest BCUT2D eigenvalue weighted by Crippen LogP contribution is 2.26. The molecule has 3 nitrogen and oxygen atoms in total. The van der Waals surface area contributed by atoms with Crippen LogP contribution in [0.25, 0.3) is 0 Å². The summed E-state index contributed by atoms with van der Waals surface area (Å²) in [4.78, 5) is 2.31. The Bertz CT molecular complexity index is 404. The lowest BCUT2D eigenvalue weighted by molar-refractivity contribution is 0.520. The molecule has 0 aliphatic heterocycles. The third-order valence-corrected chi connectivity index (χ3v) is 4.79. The van der Waals surface area contributed by atoms with Gasteiger partial charge in [0.2, 0.25) is 10.0 Å². The lowest BCUT2D eigenvalue weighted by Gasteiger charge is -2.10. The zero-order chi connectivity index (χ0) is 10.2. The summed E-state index contributed by atoms with van der Waals surface area (Å²) in [7, 11) is -0.156. The van der Waals surface area contributed by atoms with Crippen LogP contribution < -0.4 is 0 Å². The van der Waals surface area contributed by atoms with Gasteiger partial charge in [-0.1, -0.05) is 0 Å². The van der Waals surface area contributed by atoms with Crippen LogP contribution in [-0.4, -0.2) is 26.8 Å². The van der Waals surface area contributed by atoms with Crippen LogP contribution >= 0.6 is 11.3 Å². The first-order valence-corrected chi connectivity index (χ1v) is 6.11. The highest BCUT2D eigenvalue weighted by Gasteiger charge is 2.21. The van der Waals surface area contributed by atoms with Crippen molar-refractivity contribution in [3.63, 3.8) is 0 Å². The van der Waals surface area contributed by atoms with Crippen LogP contribution in [0.1, 0.15) is 9.75 Å². The average molecular weight is 219 g/mol. The van der Waals surface area contributed by atoms with E-state index >= 15 is 0 Å². The van der Waals surface area contributed by atoms with Gasteiger partial charge in [-0.2, -0.15) is 0 Å². The lowest BCUT2D eigenvalue weighted by Crippen LogP contribution is -2.22. The van der Waals surface area contributed by atoms with Crippen LogP contribution in [0.4, 0.5) is 0 Å². The Balaban J connectivity index is 3.31. The predicted molar refractivity (Wildman–Crippen MR) is 54.7 cm³/mol. The Morgan fingerprint density at radius 1 is 1.31 bits per heavy atom. The standard InChI is InChI=1S/C8H13NO2S2/c1-6-5-8(7(2)12-6)13(10,11)9(3)4/h5H,1-4H3. The van der Waals surface area contributed by atoms with Crippen LogP contribution in [0.3, 0.4) is 0 Å². The summed E-state index contributed by atoms with van der Waals surface area (Å²) in [6.07, 6.45) is 0. The van der Waals surface area contributed by atoms with Gasteiger partial charge in [0.05, 0.1) is 4.90 Å². The fourth-order valence-corrected chi connectivity index (χ4v) is 3.48. The number of nitrogens with zero attached hydrogens (tertiary/aromatic N) is 1. The Morgan fingerprint density at radius 3 is 2.15 bits per heavy atom. The molecule has 0 aliphatic rings. The molecule has 0 N–H and O–H groups in total. The summed E-state index contributed by atoms with van der Waals surface area (Å²) in [5.74, 6) is 0. The number of aryl methyl sites for hydroxylation is 2. The van der Waals surface area contributed by atoms with E-state index in [1.54, 1.807) is 20.2 Å². The van der Waals surface area contributed by atoms with E-state index in [4.69, 9.17) is 0 Å². The van der Waals surface area contributed by atoms with Crippen molar-refractivity contribution < 1.29 is 8.42 Å². The smallest absolute Gasteiger partial charge is 0.207 e. The summed E-state index contributed by atoms with van der Waals surface area (Å²) in [5.41, 5.74) is 0. The molecular formula is C8H13NO2S2. The van der Waals surface area contributed by atoms with Gasteiger partial charge in [0.1, 0.15) is 0 Å². The fourth-order valence-electron chi connectivity index (χ4n) is 1.06. The van der Waals surface area contributed by atoms with Crippen molar-refractivity contribution in [2.75, 3.05) is 14.1 Å². The maximum Gasteiger partial charge on any atom is 0.243 e. The molecule has 1 heterocycles. The van der Waals surface area contributed by atoms with E-state index in [0.717, 1.165) is 9.75 Å². The quantitative estimate of drug-likeness (QED) is 0.758. The van der Waals surface area contributed by atoms with Crippen LogP contribution in [0.15, 0.2) is 11.0 Å². The topological polar surface area (TPSA) is 37.4 Å². The van der Waals surface area contributed by atoms with Crippen molar-refractivity contribution in [1.29, 1.82) is 0 Å². The minimum absolute atomic E-state index is 0.431. The van der Waals surface area contributed by atoms with Gasteiger partial charge in [-0.25, -0.2) is 12.7 Å². The van der Waals surface area contributed by atoms with Gasteiger partial charge in [-0.3, -0.25) is 0 Å². The molecule has 0 radical (unpaired) electrons.